The van der Waals surface area contributed by atoms with Crippen molar-refractivity contribution in [3.05, 3.63) is 100 Å². The van der Waals surface area contributed by atoms with Gasteiger partial charge >= 0.3 is 0 Å². The lowest BCUT2D eigenvalue weighted by Crippen LogP contribution is -2.19. The van der Waals surface area contributed by atoms with Crippen molar-refractivity contribution < 1.29 is 0 Å². The van der Waals surface area contributed by atoms with E-state index < -0.39 is 8.07 Å². The summed E-state index contributed by atoms with van der Waals surface area (Å²) in [5.41, 5.74) is 17.1. The number of benzene rings is 3. The van der Waals surface area contributed by atoms with E-state index in [4.69, 9.17) is 10.8 Å². The SMILES string of the molecule is Cc1[nH]c2c(-c3ccccc3)c(-c3ccccc3)nn2c(=O)c1-c1ccc(N)c(C#C[Si](C)(C)C)c1. The summed E-state index contributed by atoms with van der Waals surface area (Å²) in [6.45, 7) is 8.49. The van der Waals surface area contributed by atoms with Crippen LogP contribution in [0.15, 0.2) is 83.7 Å². The Labute approximate surface area is 211 Å². The predicted molar refractivity (Wildman–Crippen MR) is 151 cm³/mol. The molecule has 0 aliphatic carbocycles. The van der Waals surface area contributed by atoms with E-state index in [1.807, 2.05) is 85.8 Å². The van der Waals surface area contributed by atoms with E-state index in [0.717, 1.165) is 39.2 Å². The highest BCUT2D eigenvalue weighted by molar-refractivity contribution is 6.83. The molecular weight excluding hydrogens is 460 g/mol. The van der Waals surface area contributed by atoms with Crippen LogP contribution >= 0.6 is 0 Å². The Balaban J connectivity index is 1.77. The number of aromatic amines is 1. The van der Waals surface area contributed by atoms with Crippen LogP contribution in [0.2, 0.25) is 19.6 Å². The summed E-state index contributed by atoms with van der Waals surface area (Å²) >= 11 is 0. The molecule has 0 atom stereocenters. The van der Waals surface area contributed by atoms with Crippen LogP contribution < -0.4 is 11.3 Å². The summed E-state index contributed by atoms with van der Waals surface area (Å²) in [7, 11) is -1.58. The van der Waals surface area contributed by atoms with E-state index in [1.165, 1.54) is 4.52 Å². The zero-order valence-corrected chi connectivity index (χ0v) is 21.9. The second kappa shape index (κ2) is 9.03. The number of nitrogens with two attached hydrogens (primary N) is 1. The van der Waals surface area contributed by atoms with Crippen LogP contribution in [0.3, 0.4) is 0 Å². The molecule has 6 heteroatoms. The van der Waals surface area contributed by atoms with Gasteiger partial charge in [0.2, 0.25) is 0 Å². The van der Waals surface area contributed by atoms with Crippen LogP contribution in [-0.4, -0.2) is 22.7 Å². The molecule has 0 spiro atoms. The average Bonchev–Trinajstić information content (AvgIpc) is 3.24. The minimum absolute atomic E-state index is 0.186. The minimum atomic E-state index is -1.58. The van der Waals surface area contributed by atoms with Crippen molar-refractivity contribution in [2.45, 2.75) is 26.6 Å². The highest BCUT2D eigenvalue weighted by Gasteiger charge is 2.21. The third-order valence-corrected chi connectivity index (χ3v) is 6.87. The molecule has 3 N–H and O–H groups in total. The molecule has 0 fully saturated rings. The van der Waals surface area contributed by atoms with Gasteiger partial charge in [-0.05, 0) is 30.2 Å². The van der Waals surface area contributed by atoms with Crippen LogP contribution in [0.1, 0.15) is 11.3 Å². The van der Waals surface area contributed by atoms with E-state index in [-0.39, 0.29) is 5.56 Å². The summed E-state index contributed by atoms with van der Waals surface area (Å²) < 4.78 is 1.48. The van der Waals surface area contributed by atoms with Crippen molar-refractivity contribution in [3.8, 4) is 45.0 Å². The van der Waals surface area contributed by atoms with Gasteiger partial charge in [0, 0.05) is 22.5 Å². The Morgan fingerprint density at radius 3 is 2.14 bits per heavy atom. The molecule has 0 saturated heterocycles. The molecule has 2 aromatic heterocycles. The molecule has 178 valence electrons. The average molecular weight is 489 g/mol. The third-order valence-electron chi connectivity index (χ3n) is 6.00. The number of aromatic nitrogens is 3. The number of hydrogen-bond donors (Lipinski definition) is 2. The second-order valence-corrected chi connectivity index (χ2v) is 14.7. The summed E-state index contributed by atoms with van der Waals surface area (Å²) in [4.78, 5) is 17.4. The monoisotopic (exact) mass is 488 g/mol. The van der Waals surface area contributed by atoms with Crippen molar-refractivity contribution in [1.29, 1.82) is 0 Å². The van der Waals surface area contributed by atoms with Crippen LogP contribution in [0.25, 0.3) is 39.2 Å². The molecule has 0 saturated carbocycles. The van der Waals surface area contributed by atoms with Crippen molar-refractivity contribution in [2.24, 2.45) is 0 Å². The molecule has 5 aromatic rings. The molecule has 0 amide bonds. The summed E-state index contributed by atoms with van der Waals surface area (Å²) in [6, 6.07) is 25.6. The van der Waals surface area contributed by atoms with E-state index in [0.29, 0.717) is 16.9 Å². The fourth-order valence-electron chi connectivity index (χ4n) is 4.28. The Morgan fingerprint density at radius 1 is 0.861 bits per heavy atom. The highest BCUT2D eigenvalue weighted by atomic mass is 28.3. The van der Waals surface area contributed by atoms with Gasteiger partial charge in [0.05, 0.1) is 11.1 Å². The van der Waals surface area contributed by atoms with Gasteiger partial charge in [-0.1, -0.05) is 92.3 Å². The van der Waals surface area contributed by atoms with E-state index in [9.17, 15) is 4.79 Å². The van der Waals surface area contributed by atoms with Gasteiger partial charge in [0.15, 0.2) is 0 Å². The number of nitrogens with zero attached hydrogens (tertiary/aromatic N) is 2. The van der Waals surface area contributed by atoms with Gasteiger partial charge in [-0.15, -0.1) is 5.54 Å². The lowest BCUT2D eigenvalue weighted by atomic mass is 10.0. The standard InChI is InChI=1S/C30H28N4OSi/c1-20-26(24-15-16-25(31)23(19-24)17-18-36(2,3)4)30(35)34-29(32-20)27(21-11-7-5-8-12-21)28(33-34)22-13-9-6-10-14-22/h5-16,19,32H,31H2,1-4H3. The predicted octanol–water partition coefficient (Wildman–Crippen LogP) is 6.14. The largest absolute Gasteiger partial charge is 0.398 e. The lowest BCUT2D eigenvalue weighted by Gasteiger charge is -2.10. The van der Waals surface area contributed by atoms with Crippen molar-refractivity contribution >= 4 is 19.4 Å². The Bertz CT molecular complexity index is 1700. The molecule has 0 bridgehead atoms. The van der Waals surface area contributed by atoms with Gasteiger partial charge in [0.25, 0.3) is 5.56 Å². The summed E-state index contributed by atoms with van der Waals surface area (Å²) in [5, 5.41) is 4.82. The third kappa shape index (κ3) is 4.37. The zero-order valence-electron chi connectivity index (χ0n) is 20.9. The Morgan fingerprint density at radius 2 is 1.50 bits per heavy atom. The molecule has 5 rings (SSSR count). The van der Waals surface area contributed by atoms with Crippen LogP contribution in [-0.2, 0) is 0 Å². The molecule has 3 aromatic carbocycles. The second-order valence-electron chi connectivity index (χ2n) is 9.95. The first-order chi connectivity index (χ1) is 17.2. The Hall–Kier alpha value is -4.34. The fourth-order valence-corrected chi connectivity index (χ4v) is 4.79. The maximum atomic E-state index is 13.9. The molecule has 5 nitrogen and oxygen atoms in total. The zero-order chi connectivity index (χ0) is 25.4. The van der Waals surface area contributed by atoms with Gasteiger partial charge in [0.1, 0.15) is 19.4 Å². The molecule has 0 radical (unpaired) electrons. The lowest BCUT2D eigenvalue weighted by molar-refractivity contribution is 0.897. The number of nitrogen functional groups attached to an aromatic ring is 1. The quantitative estimate of drug-likeness (QED) is 0.182. The van der Waals surface area contributed by atoms with E-state index >= 15 is 0 Å². The first-order valence-electron chi connectivity index (χ1n) is 11.9. The van der Waals surface area contributed by atoms with E-state index in [1.54, 1.807) is 0 Å². The van der Waals surface area contributed by atoms with Gasteiger partial charge in [-0.3, -0.25) is 4.79 Å². The van der Waals surface area contributed by atoms with Crippen LogP contribution in [0, 0.1) is 18.4 Å². The molecule has 36 heavy (non-hydrogen) atoms. The minimum Gasteiger partial charge on any atom is -0.398 e. The molecule has 0 aliphatic heterocycles. The maximum absolute atomic E-state index is 13.9. The number of nitrogens with one attached hydrogen (secondary N) is 1. The van der Waals surface area contributed by atoms with Gasteiger partial charge in [-0.25, -0.2) is 0 Å². The fraction of sp³-hybridized carbons (Fsp3) is 0.133. The first kappa shape index (κ1) is 23.4. The summed E-state index contributed by atoms with van der Waals surface area (Å²) in [5.74, 6) is 3.25. The van der Waals surface area contributed by atoms with Crippen molar-refractivity contribution in [1.82, 2.24) is 14.6 Å². The molecule has 0 aliphatic rings. The van der Waals surface area contributed by atoms with Crippen molar-refractivity contribution in [2.75, 3.05) is 5.73 Å². The first-order valence-corrected chi connectivity index (χ1v) is 15.4. The van der Waals surface area contributed by atoms with Gasteiger partial charge in [-0.2, -0.15) is 9.61 Å². The number of aryl methyl sites for hydroxylation is 1. The molecule has 2 heterocycles. The topological polar surface area (TPSA) is 76.2 Å². The number of rotatable bonds is 3. The summed E-state index contributed by atoms with van der Waals surface area (Å²) in [6.07, 6.45) is 0. The number of fused-ring (bicyclic) bond motifs is 1. The Kier molecular flexibility index (Phi) is 5.87. The highest BCUT2D eigenvalue weighted by Crippen LogP contribution is 2.34. The smallest absolute Gasteiger partial charge is 0.282 e. The van der Waals surface area contributed by atoms with E-state index in [2.05, 4.69) is 36.1 Å². The normalized spacial score (nSPS) is 11.3. The van der Waals surface area contributed by atoms with Crippen molar-refractivity contribution in [3.63, 3.8) is 0 Å². The van der Waals surface area contributed by atoms with Gasteiger partial charge < -0.3 is 10.7 Å². The van der Waals surface area contributed by atoms with Crippen LogP contribution in [0.5, 0.6) is 0 Å². The van der Waals surface area contributed by atoms with Crippen LogP contribution in [0.4, 0.5) is 5.69 Å². The number of H-pyrrole nitrogens is 1. The number of anilines is 1. The number of hydrogen-bond acceptors (Lipinski definition) is 3. The molecular formula is C30H28N4OSi. The molecule has 0 unspecified atom stereocenters. The maximum Gasteiger partial charge on any atom is 0.282 e.